The number of fused-ring (bicyclic) bond motifs is 3. The van der Waals surface area contributed by atoms with Gasteiger partial charge in [-0.3, -0.25) is 9.59 Å². The molecule has 0 saturated carbocycles. The summed E-state index contributed by atoms with van der Waals surface area (Å²) in [6, 6.07) is 5.65. The van der Waals surface area contributed by atoms with Gasteiger partial charge in [-0.25, -0.2) is 0 Å². The van der Waals surface area contributed by atoms with E-state index in [4.69, 9.17) is 5.73 Å². The molecule has 0 aliphatic rings. The third-order valence-corrected chi connectivity index (χ3v) is 4.42. The number of primary amides is 1. The molecule has 90 valence electrons. The van der Waals surface area contributed by atoms with Crippen LogP contribution in [-0.2, 0) is 0 Å². The third-order valence-electron chi connectivity index (χ3n) is 2.74. The third kappa shape index (κ3) is 1.57. The van der Waals surface area contributed by atoms with E-state index in [1.54, 1.807) is 0 Å². The van der Waals surface area contributed by atoms with Gasteiger partial charge in [-0.2, -0.15) is 0 Å². The zero-order valence-electron chi connectivity index (χ0n) is 8.99. The maximum atomic E-state index is 11.9. The van der Waals surface area contributed by atoms with Crippen molar-refractivity contribution in [3.63, 3.8) is 0 Å². The number of hydrogen-bond acceptors (Lipinski definition) is 3. The fraction of sp³-hybridized carbons (Fsp3) is 0. The molecule has 0 radical (unpaired) electrons. The summed E-state index contributed by atoms with van der Waals surface area (Å²) in [6.07, 6.45) is 1.37. The Morgan fingerprint density at radius 1 is 1.39 bits per heavy atom. The lowest BCUT2D eigenvalue weighted by Crippen LogP contribution is -2.15. The van der Waals surface area contributed by atoms with Gasteiger partial charge in [0, 0.05) is 20.8 Å². The summed E-state index contributed by atoms with van der Waals surface area (Å²) >= 11 is 4.78. The summed E-state index contributed by atoms with van der Waals surface area (Å²) in [4.78, 5) is 25.8. The fourth-order valence-electron chi connectivity index (χ4n) is 1.94. The number of aromatic amines is 1. The standard InChI is InChI=1S/C12H7BrN2O2S/c13-5-1-2-6-8(3-5)18-10-7(11(14)16)4-15-12(17)9(6)10/h1-4H,(H2,14,16)(H,15,17). The molecule has 0 unspecified atom stereocenters. The molecule has 2 aromatic heterocycles. The van der Waals surface area contributed by atoms with Crippen molar-refractivity contribution in [3.05, 3.63) is 44.8 Å². The zero-order chi connectivity index (χ0) is 12.9. The molecule has 18 heavy (non-hydrogen) atoms. The number of pyridine rings is 1. The van der Waals surface area contributed by atoms with Gasteiger partial charge >= 0.3 is 0 Å². The van der Waals surface area contributed by atoms with Crippen LogP contribution >= 0.6 is 27.3 Å². The van der Waals surface area contributed by atoms with Crippen molar-refractivity contribution < 1.29 is 4.79 Å². The number of thiophene rings is 1. The van der Waals surface area contributed by atoms with E-state index < -0.39 is 5.91 Å². The highest BCUT2D eigenvalue weighted by atomic mass is 79.9. The highest BCUT2D eigenvalue weighted by molar-refractivity contribution is 9.10. The summed E-state index contributed by atoms with van der Waals surface area (Å²) < 4.78 is 2.51. The van der Waals surface area contributed by atoms with Crippen LogP contribution in [0.1, 0.15) is 10.4 Å². The smallest absolute Gasteiger partial charge is 0.257 e. The van der Waals surface area contributed by atoms with Crippen LogP contribution in [0.25, 0.3) is 20.2 Å². The van der Waals surface area contributed by atoms with Crippen LogP contribution in [0.2, 0.25) is 0 Å². The first-order valence-electron chi connectivity index (χ1n) is 5.11. The minimum absolute atomic E-state index is 0.205. The number of carbonyl (C=O) groups excluding carboxylic acids is 1. The number of benzene rings is 1. The lowest BCUT2D eigenvalue weighted by atomic mass is 10.1. The number of hydrogen-bond donors (Lipinski definition) is 2. The van der Waals surface area contributed by atoms with Crippen LogP contribution in [0.5, 0.6) is 0 Å². The summed E-state index contributed by atoms with van der Waals surface area (Å²) in [5, 5.41) is 1.36. The molecule has 0 aliphatic carbocycles. The van der Waals surface area contributed by atoms with E-state index in [-0.39, 0.29) is 5.56 Å². The molecule has 0 aliphatic heterocycles. The average Bonchev–Trinajstić information content (AvgIpc) is 2.67. The van der Waals surface area contributed by atoms with Crippen molar-refractivity contribution in [2.24, 2.45) is 5.73 Å². The summed E-state index contributed by atoms with van der Waals surface area (Å²) in [7, 11) is 0. The molecule has 0 atom stereocenters. The van der Waals surface area contributed by atoms with Crippen LogP contribution in [-0.4, -0.2) is 10.9 Å². The van der Waals surface area contributed by atoms with Crippen LogP contribution in [0.3, 0.4) is 0 Å². The number of nitrogens with one attached hydrogen (secondary N) is 1. The first kappa shape index (κ1) is 11.4. The van der Waals surface area contributed by atoms with Gasteiger partial charge in [0.05, 0.1) is 15.6 Å². The lowest BCUT2D eigenvalue weighted by Gasteiger charge is -1.96. The first-order valence-corrected chi connectivity index (χ1v) is 6.72. The second-order valence-electron chi connectivity index (χ2n) is 3.84. The minimum atomic E-state index is -0.540. The quantitative estimate of drug-likeness (QED) is 0.722. The molecular formula is C12H7BrN2O2S. The largest absolute Gasteiger partial charge is 0.366 e. The zero-order valence-corrected chi connectivity index (χ0v) is 11.4. The lowest BCUT2D eigenvalue weighted by molar-refractivity contribution is 0.100. The summed E-state index contributed by atoms with van der Waals surface area (Å²) in [5.74, 6) is -0.540. The van der Waals surface area contributed by atoms with Gasteiger partial charge in [-0.15, -0.1) is 11.3 Å². The van der Waals surface area contributed by atoms with E-state index in [0.29, 0.717) is 15.6 Å². The molecule has 2 heterocycles. The monoisotopic (exact) mass is 322 g/mol. The first-order chi connectivity index (χ1) is 8.58. The Hall–Kier alpha value is -1.66. The van der Waals surface area contributed by atoms with Gasteiger partial charge in [-0.1, -0.05) is 22.0 Å². The minimum Gasteiger partial charge on any atom is -0.366 e. The molecule has 6 heteroatoms. The van der Waals surface area contributed by atoms with Crippen molar-refractivity contribution in [3.8, 4) is 0 Å². The predicted octanol–water partition coefficient (Wildman–Crippen LogP) is 2.60. The molecule has 1 aromatic carbocycles. The SMILES string of the molecule is NC(=O)c1c[nH]c(=O)c2c1sc1cc(Br)ccc12. The number of rotatable bonds is 1. The van der Waals surface area contributed by atoms with Crippen molar-refractivity contribution in [2.45, 2.75) is 0 Å². The molecular weight excluding hydrogens is 316 g/mol. The predicted molar refractivity (Wildman–Crippen MR) is 76.2 cm³/mol. The summed E-state index contributed by atoms with van der Waals surface area (Å²) in [5.41, 5.74) is 5.46. The number of nitrogens with two attached hydrogens (primary N) is 1. The molecule has 0 spiro atoms. The Bertz CT molecular complexity index is 850. The van der Waals surface area contributed by atoms with E-state index in [0.717, 1.165) is 14.6 Å². The molecule has 3 N–H and O–H groups in total. The number of aromatic nitrogens is 1. The van der Waals surface area contributed by atoms with E-state index in [1.165, 1.54) is 17.5 Å². The molecule has 1 amide bonds. The van der Waals surface area contributed by atoms with Crippen molar-refractivity contribution in [2.75, 3.05) is 0 Å². The van der Waals surface area contributed by atoms with E-state index in [2.05, 4.69) is 20.9 Å². The Kier molecular flexibility index (Phi) is 2.49. The van der Waals surface area contributed by atoms with Crippen molar-refractivity contribution in [1.29, 1.82) is 0 Å². The fourth-order valence-corrected chi connectivity index (χ4v) is 3.72. The Labute approximate surface area is 114 Å². The van der Waals surface area contributed by atoms with Crippen molar-refractivity contribution in [1.82, 2.24) is 4.98 Å². The normalized spacial score (nSPS) is 11.2. The molecule has 0 bridgehead atoms. The van der Waals surface area contributed by atoms with Crippen molar-refractivity contribution >= 4 is 53.3 Å². The molecule has 0 saturated heterocycles. The molecule has 4 nitrogen and oxygen atoms in total. The molecule has 3 aromatic rings. The molecule has 0 fully saturated rings. The van der Waals surface area contributed by atoms with Gasteiger partial charge < -0.3 is 10.7 Å². The van der Waals surface area contributed by atoms with Gasteiger partial charge in [0.15, 0.2) is 0 Å². The average molecular weight is 323 g/mol. The number of halogens is 1. The topological polar surface area (TPSA) is 76.0 Å². The van der Waals surface area contributed by atoms with E-state index in [9.17, 15) is 9.59 Å². The van der Waals surface area contributed by atoms with E-state index >= 15 is 0 Å². The summed E-state index contributed by atoms with van der Waals surface area (Å²) in [6.45, 7) is 0. The molecule has 3 rings (SSSR count). The van der Waals surface area contributed by atoms with Crippen LogP contribution in [0.4, 0.5) is 0 Å². The maximum absolute atomic E-state index is 11.9. The van der Waals surface area contributed by atoms with Gasteiger partial charge in [0.25, 0.3) is 11.5 Å². The Morgan fingerprint density at radius 2 is 2.17 bits per heavy atom. The van der Waals surface area contributed by atoms with Gasteiger partial charge in [-0.05, 0) is 12.1 Å². The maximum Gasteiger partial charge on any atom is 0.257 e. The Morgan fingerprint density at radius 3 is 2.89 bits per heavy atom. The Balaban J connectivity index is 2.60. The van der Waals surface area contributed by atoms with Crippen LogP contribution in [0, 0.1) is 0 Å². The number of amides is 1. The van der Waals surface area contributed by atoms with E-state index in [1.807, 2.05) is 18.2 Å². The number of H-pyrrole nitrogens is 1. The number of carbonyl (C=O) groups is 1. The second-order valence-corrected chi connectivity index (χ2v) is 5.81. The van der Waals surface area contributed by atoms with Crippen LogP contribution in [0.15, 0.2) is 33.7 Å². The second kappa shape index (κ2) is 3.93. The van der Waals surface area contributed by atoms with Gasteiger partial charge in [0.2, 0.25) is 0 Å². The van der Waals surface area contributed by atoms with Gasteiger partial charge in [0.1, 0.15) is 0 Å². The highest BCUT2D eigenvalue weighted by Crippen LogP contribution is 2.34. The highest BCUT2D eigenvalue weighted by Gasteiger charge is 2.15. The van der Waals surface area contributed by atoms with Crippen LogP contribution < -0.4 is 11.3 Å².